The van der Waals surface area contributed by atoms with Crippen LogP contribution in [0.3, 0.4) is 0 Å². The lowest BCUT2D eigenvalue weighted by molar-refractivity contribution is 0.0858. The molecule has 9 heteroatoms. The van der Waals surface area contributed by atoms with Gasteiger partial charge < -0.3 is 25.6 Å². The van der Waals surface area contributed by atoms with Crippen molar-refractivity contribution in [2.75, 3.05) is 41.8 Å². The van der Waals surface area contributed by atoms with Crippen molar-refractivity contribution in [2.45, 2.75) is 38.2 Å². The van der Waals surface area contributed by atoms with E-state index in [4.69, 9.17) is 27.9 Å². The Bertz CT molecular complexity index is 1010. The summed E-state index contributed by atoms with van der Waals surface area (Å²) in [6, 6.07) is 9.80. The molecule has 1 atom stereocenters. The fraction of sp³-hybridized carbons (Fsp3) is 0.417. The van der Waals surface area contributed by atoms with Gasteiger partial charge in [0.2, 0.25) is 0 Å². The molecule has 1 unspecified atom stereocenters. The van der Waals surface area contributed by atoms with Gasteiger partial charge in [0.15, 0.2) is 0 Å². The van der Waals surface area contributed by atoms with E-state index in [0.717, 1.165) is 51.1 Å². The second-order valence-electron chi connectivity index (χ2n) is 8.33. The normalized spacial score (nSPS) is 18.1. The molecule has 0 aromatic heterocycles. The number of anilines is 3. The molecule has 7 nitrogen and oxygen atoms in total. The van der Waals surface area contributed by atoms with Crippen LogP contribution in [0.4, 0.5) is 21.9 Å². The number of nitrogens with zero attached hydrogens (tertiary/aromatic N) is 1. The zero-order valence-corrected chi connectivity index (χ0v) is 19.8. The van der Waals surface area contributed by atoms with E-state index in [0.29, 0.717) is 33.5 Å². The van der Waals surface area contributed by atoms with Crippen molar-refractivity contribution in [3.05, 3.63) is 52.0 Å². The molecular weight excluding hydrogens is 463 g/mol. The molecule has 33 heavy (non-hydrogen) atoms. The van der Waals surface area contributed by atoms with E-state index in [1.165, 1.54) is 6.42 Å². The Morgan fingerprint density at radius 1 is 1.00 bits per heavy atom. The fourth-order valence-corrected chi connectivity index (χ4v) is 4.64. The number of carbonyl (C=O) groups is 2. The number of nitrogens with one attached hydrogen (secondary N) is 3. The van der Waals surface area contributed by atoms with Crippen LogP contribution in [0.5, 0.6) is 0 Å². The van der Waals surface area contributed by atoms with Gasteiger partial charge in [-0.3, -0.25) is 4.79 Å². The van der Waals surface area contributed by atoms with Crippen LogP contribution in [-0.2, 0) is 4.74 Å². The van der Waals surface area contributed by atoms with Crippen LogP contribution in [0.1, 0.15) is 42.5 Å². The lowest BCUT2D eigenvalue weighted by atomic mass is 10.1. The summed E-state index contributed by atoms with van der Waals surface area (Å²) in [5, 5.41) is 9.33. The molecule has 0 bridgehead atoms. The second-order valence-corrected chi connectivity index (χ2v) is 9.17. The van der Waals surface area contributed by atoms with E-state index < -0.39 is 6.03 Å². The van der Waals surface area contributed by atoms with Gasteiger partial charge in [0.05, 0.1) is 22.4 Å². The average Bonchev–Trinajstić information content (AvgIpc) is 3.34. The first-order valence-electron chi connectivity index (χ1n) is 11.3. The van der Waals surface area contributed by atoms with Crippen molar-refractivity contribution in [3.8, 4) is 0 Å². The first-order valence-corrected chi connectivity index (χ1v) is 12.1. The number of carbonyl (C=O) groups excluding carboxylic acids is 2. The molecular formula is C24H28Cl2N4O3. The summed E-state index contributed by atoms with van der Waals surface area (Å²) < 4.78 is 5.63. The predicted molar refractivity (Wildman–Crippen MR) is 133 cm³/mol. The molecule has 0 saturated carbocycles. The molecule has 2 aromatic rings. The minimum Gasteiger partial charge on any atom is -0.376 e. The van der Waals surface area contributed by atoms with Crippen molar-refractivity contribution < 1.29 is 14.3 Å². The molecule has 0 aliphatic carbocycles. The van der Waals surface area contributed by atoms with Gasteiger partial charge in [-0.15, -0.1) is 0 Å². The number of benzene rings is 2. The molecule has 2 fully saturated rings. The van der Waals surface area contributed by atoms with Crippen LogP contribution in [0, 0.1) is 0 Å². The van der Waals surface area contributed by atoms with Gasteiger partial charge in [-0.05, 0) is 68.5 Å². The molecule has 0 radical (unpaired) electrons. The van der Waals surface area contributed by atoms with Gasteiger partial charge in [-0.2, -0.15) is 0 Å². The zero-order chi connectivity index (χ0) is 23.2. The van der Waals surface area contributed by atoms with Gasteiger partial charge in [0.25, 0.3) is 5.91 Å². The average molecular weight is 491 g/mol. The fourth-order valence-electron chi connectivity index (χ4n) is 4.19. The number of amides is 3. The van der Waals surface area contributed by atoms with Crippen molar-refractivity contribution in [1.82, 2.24) is 5.32 Å². The predicted octanol–water partition coefficient (Wildman–Crippen LogP) is 5.54. The highest BCUT2D eigenvalue weighted by Gasteiger charge is 2.22. The van der Waals surface area contributed by atoms with Crippen molar-refractivity contribution >= 4 is 52.2 Å². The van der Waals surface area contributed by atoms with Crippen LogP contribution in [0.2, 0.25) is 10.0 Å². The van der Waals surface area contributed by atoms with Crippen molar-refractivity contribution in [3.63, 3.8) is 0 Å². The van der Waals surface area contributed by atoms with E-state index in [2.05, 4.69) is 20.9 Å². The minimum absolute atomic E-state index is 0.0589. The van der Waals surface area contributed by atoms with Gasteiger partial charge >= 0.3 is 6.03 Å². The Morgan fingerprint density at radius 3 is 2.55 bits per heavy atom. The molecule has 176 valence electrons. The summed E-state index contributed by atoms with van der Waals surface area (Å²) in [6.45, 7) is 3.04. The summed E-state index contributed by atoms with van der Waals surface area (Å²) in [7, 11) is 0. The Hall–Kier alpha value is -2.48. The zero-order valence-electron chi connectivity index (χ0n) is 18.3. The number of halogens is 2. The molecule has 2 aromatic carbocycles. The molecule has 2 aliphatic rings. The molecule has 3 amide bonds. The molecule has 2 saturated heterocycles. The smallest absolute Gasteiger partial charge is 0.323 e. The van der Waals surface area contributed by atoms with Crippen molar-refractivity contribution in [1.29, 1.82) is 0 Å². The first-order chi connectivity index (χ1) is 16.0. The summed E-state index contributed by atoms with van der Waals surface area (Å²) in [5.41, 5.74) is 2.38. The summed E-state index contributed by atoms with van der Waals surface area (Å²) in [5.74, 6) is -0.170. The van der Waals surface area contributed by atoms with Crippen LogP contribution in [-0.4, -0.2) is 44.3 Å². The van der Waals surface area contributed by atoms with Crippen LogP contribution >= 0.6 is 23.2 Å². The highest BCUT2D eigenvalue weighted by Crippen LogP contribution is 2.28. The van der Waals surface area contributed by atoms with Gasteiger partial charge in [-0.25, -0.2) is 4.79 Å². The molecule has 3 N–H and O–H groups in total. The number of rotatable bonds is 6. The topological polar surface area (TPSA) is 82.7 Å². The summed E-state index contributed by atoms with van der Waals surface area (Å²) >= 11 is 12.1. The lowest BCUT2D eigenvalue weighted by Gasteiger charge is -2.30. The largest absolute Gasteiger partial charge is 0.376 e. The van der Waals surface area contributed by atoms with Gasteiger partial charge in [0, 0.05) is 42.6 Å². The van der Waals surface area contributed by atoms with Gasteiger partial charge in [-0.1, -0.05) is 23.2 Å². The first kappa shape index (κ1) is 23.7. The Labute approximate surface area is 203 Å². The highest BCUT2D eigenvalue weighted by molar-refractivity contribution is 6.36. The molecule has 0 spiro atoms. The number of urea groups is 1. The Kier molecular flexibility index (Phi) is 7.96. The second kappa shape index (κ2) is 11.1. The third-order valence-corrected chi connectivity index (χ3v) is 6.44. The molecule has 2 heterocycles. The minimum atomic E-state index is -0.462. The third-order valence-electron chi connectivity index (χ3n) is 5.89. The number of piperidine rings is 1. The monoisotopic (exact) mass is 490 g/mol. The number of hydrogen-bond donors (Lipinski definition) is 3. The molecule has 2 aliphatic heterocycles. The van der Waals surface area contributed by atoms with Crippen LogP contribution in [0.25, 0.3) is 0 Å². The lowest BCUT2D eigenvalue weighted by Crippen LogP contribution is -2.35. The number of hydrogen-bond acceptors (Lipinski definition) is 4. The van der Waals surface area contributed by atoms with Crippen molar-refractivity contribution in [2.24, 2.45) is 0 Å². The maximum atomic E-state index is 13.1. The maximum Gasteiger partial charge on any atom is 0.323 e. The van der Waals surface area contributed by atoms with Crippen LogP contribution < -0.4 is 20.9 Å². The van der Waals surface area contributed by atoms with E-state index >= 15 is 0 Å². The Morgan fingerprint density at radius 2 is 1.82 bits per heavy atom. The highest BCUT2D eigenvalue weighted by atomic mass is 35.5. The van der Waals surface area contributed by atoms with E-state index in [-0.39, 0.29) is 12.0 Å². The molecule has 4 rings (SSSR count). The van der Waals surface area contributed by atoms with E-state index in [9.17, 15) is 9.59 Å². The summed E-state index contributed by atoms with van der Waals surface area (Å²) in [6.07, 6.45) is 5.43. The quantitative estimate of drug-likeness (QED) is 0.496. The Balaban J connectivity index is 1.49. The van der Waals surface area contributed by atoms with E-state index in [1.54, 1.807) is 24.3 Å². The standard InChI is InChI=1S/C24H28Cl2N4O3/c25-16-6-8-21(20(26)13-16)29-24(32)28-17-7-9-22(30-10-2-1-3-11-30)19(14-17)23(31)27-15-18-5-4-12-33-18/h6-9,13-14,18H,1-5,10-12,15H2,(H,27,31)(H2,28,29,32). The van der Waals surface area contributed by atoms with Gasteiger partial charge in [0.1, 0.15) is 0 Å². The van der Waals surface area contributed by atoms with Crippen LogP contribution in [0.15, 0.2) is 36.4 Å². The van der Waals surface area contributed by atoms with E-state index in [1.807, 2.05) is 12.1 Å². The number of ether oxygens (including phenoxy) is 1. The SMILES string of the molecule is O=C(Nc1ccc(N2CCCCC2)c(C(=O)NCC2CCCO2)c1)Nc1ccc(Cl)cc1Cl. The summed E-state index contributed by atoms with van der Waals surface area (Å²) in [4.78, 5) is 27.9. The third kappa shape index (κ3) is 6.31. The maximum absolute atomic E-state index is 13.1.